The maximum absolute atomic E-state index is 10.4. The third kappa shape index (κ3) is 3.31. The van der Waals surface area contributed by atoms with Gasteiger partial charge in [0.25, 0.3) is 0 Å². The van der Waals surface area contributed by atoms with Crippen molar-refractivity contribution < 1.29 is 14.6 Å². The van der Waals surface area contributed by atoms with Crippen LogP contribution in [0.15, 0.2) is 24.4 Å². The average molecular weight is 311 g/mol. The Labute approximate surface area is 129 Å². The van der Waals surface area contributed by atoms with Crippen molar-refractivity contribution in [3.63, 3.8) is 0 Å². The smallest absolute Gasteiger partial charge is 0.160 e. The van der Waals surface area contributed by atoms with Crippen molar-refractivity contribution in [3.8, 4) is 11.5 Å². The predicted molar refractivity (Wildman–Crippen MR) is 81.1 cm³/mol. The fraction of sp³-hybridized carbons (Fsp3) is 0.400. The van der Waals surface area contributed by atoms with Gasteiger partial charge in [-0.2, -0.15) is 5.10 Å². The lowest BCUT2D eigenvalue weighted by Crippen LogP contribution is -2.10. The Hall–Kier alpha value is -1.72. The molecule has 2 rings (SSSR count). The zero-order chi connectivity index (χ0) is 15.4. The zero-order valence-electron chi connectivity index (χ0n) is 12.3. The number of halogens is 1. The Balaban J connectivity index is 2.23. The molecular weight excluding hydrogens is 292 g/mol. The predicted octanol–water partition coefficient (Wildman–Crippen LogP) is 2.85. The Bertz CT molecular complexity index is 613. The minimum absolute atomic E-state index is 0.422. The van der Waals surface area contributed by atoms with Crippen molar-refractivity contribution in [2.75, 3.05) is 14.2 Å². The van der Waals surface area contributed by atoms with E-state index in [4.69, 9.17) is 21.1 Å². The van der Waals surface area contributed by atoms with Crippen LogP contribution in [0.5, 0.6) is 11.5 Å². The number of hydrogen-bond acceptors (Lipinski definition) is 4. The summed E-state index contributed by atoms with van der Waals surface area (Å²) in [5.41, 5.74) is 1.56. The molecule has 1 aromatic heterocycles. The highest BCUT2D eigenvalue weighted by Gasteiger charge is 2.18. The number of benzene rings is 1. The van der Waals surface area contributed by atoms with E-state index >= 15 is 0 Å². The Morgan fingerprint density at radius 2 is 2.00 bits per heavy atom. The largest absolute Gasteiger partial charge is 0.493 e. The molecule has 0 saturated carbocycles. The molecule has 0 aliphatic rings. The van der Waals surface area contributed by atoms with Crippen LogP contribution in [0.4, 0.5) is 0 Å². The lowest BCUT2D eigenvalue weighted by Gasteiger charge is -2.15. The van der Waals surface area contributed by atoms with Crippen LogP contribution in [-0.4, -0.2) is 29.1 Å². The standard InChI is InChI=1S/C15H19ClN2O3/c1-4-18-15(11(16)9-17-18)12(19)7-10-5-6-13(20-2)14(8-10)21-3/h5-6,8-9,12,19H,4,7H2,1-3H3. The molecule has 0 aliphatic heterocycles. The molecule has 0 amide bonds. The Morgan fingerprint density at radius 3 is 2.62 bits per heavy atom. The summed E-state index contributed by atoms with van der Waals surface area (Å²) in [5, 5.41) is 15.0. The molecule has 0 radical (unpaired) electrons. The number of methoxy groups -OCH3 is 2. The second kappa shape index (κ2) is 6.83. The van der Waals surface area contributed by atoms with Crippen molar-refractivity contribution >= 4 is 11.6 Å². The van der Waals surface area contributed by atoms with Crippen molar-refractivity contribution in [1.29, 1.82) is 0 Å². The second-order valence-corrected chi connectivity index (χ2v) is 5.01. The van der Waals surface area contributed by atoms with Crippen LogP contribution in [-0.2, 0) is 13.0 Å². The summed E-state index contributed by atoms with van der Waals surface area (Å²) in [6.07, 6.45) is 1.25. The number of nitrogens with zero attached hydrogens (tertiary/aromatic N) is 2. The van der Waals surface area contributed by atoms with Crippen LogP contribution in [0.3, 0.4) is 0 Å². The maximum atomic E-state index is 10.4. The van der Waals surface area contributed by atoms with Gasteiger partial charge in [0.15, 0.2) is 11.5 Å². The van der Waals surface area contributed by atoms with Crippen LogP contribution in [0, 0.1) is 0 Å². The molecule has 0 fully saturated rings. The lowest BCUT2D eigenvalue weighted by molar-refractivity contribution is 0.167. The third-order valence-corrected chi connectivity index (χ3v) is 3.62. The molecule has 1 atom stereocenters. The first-order valence-corrected chi connectivity index (χ1v) is 7.08. The summed E-state index contributed by atoms with van der Waals surface area (Å²) in [7, 11) is 3.17. The number of aliphatic hydroxyl groups is 1. The van der Waals surface area contributed by atoms with Gasteiger partial charge in [-0.25, -0.2) is 0 Å². The zero-order valence-corrected chi connectivity index (χ0v) is 13.1. The molecule has 0 aliphatic carbocycles. The highest BCUT2D eigenvalue weighted by molar-refractivity contribution is 6.31. The number of hydrogen-bond donors (Lipinski definition) is 1. The first-order chi connectivity index (χ1) is 10.1. The number of aliphatic hydroxyl groups excluding tert-OH is 1. The van der Waals surface area contributed by atoms with E-state index in [0.717, 1.165) is 5.56 Å². The van der Waals surface area contributed by atoms with E-state index in [2.05, 4.69) is 5.10 Å². The number of rotatable bonds is 6. The molecule has 1 unspecified atom stereocenters. The van der Waals surface area contributed by atoms with Gasteiger partial charge in [0.2, 0.25) is 0 Å². The maximum Gasteiger partial charge on any atom is 0.160 e. The quantitative estimate of drug-likeness (QED) is 0.891. The first-order valence-electron chi connectivity index (χ1n) is 6.70. The van der Waals surface area contributed by atoms with Gasteiger partial charge < -0.3 is 14.6 Å². The Kier molecular flexibility index (Phi) is 5.09. The fourth-order valence-corrected chi connectivity index (χ4v) is 2.55. The normalized spacial score (nSPS) is 12.2. The molecule has 0 spiro atoms. The van der Waals surface area contributed by atoms with Crippen molar-refractivity contribution in [2.24, 2.45) is 0 Å². The average Bonchev–Trinajstić information content (AvgIpc) is 2.88. The minimum atomic E-state index is -0.724. The Morgan fingerprint density at radius 1 is 1.29 bits per heavy atom. The summed E-state index contributed by atoms with van der Waals surface area (Å²) < 4.78 is 12.2. The van der Waals surface area contributed by atoms with E-state index in [1.165, 1.54) is 0 Å². The van der Waals surface area contributed by atoms with Gasteiger partial charge in [0.1, 0.15) is 6.10 Å². The summed E-state index contributed by atoms with van der Waals surface area (Å²) >= 11 is 6.10. The topological polar surface area (TPSA) is 56.5 Å². The second-order valence-electron chi connectivity index (χ2n) is 4.60. The van der Waals surface area contributed by atoms with E-state index in [9.17, 15) is 5.11 Å². The van der Waals surface area contributed by atoms with Gasteiger partial charge in [-0.1, -0.05) is 17.7 Å². The highest BCUT2D eigenvalue weighted by Crippen LogP contribution is 2.31. The third-order valence-electron chi connectivity index (χ3n) is 3.33. The number of aromatic nitrogens is 2. The SMILES string of the molecule is CCn1ncc(Cl)c1C(O)Cc1ccc(OC)c(OC)c1. The fourth-order valence-electron chi connectivity index (χ4n) is 2.28. The summed E-state index contributed by atoms with van der Waals surface area (Å²) in [4.78, 5) is 0. The molecule has 1 aromatic carbocycles. The molecule has 0 bridgehead atoms. The molecule has 1 N–H and O–H groups in total. The molecule has 5 nitrogen and oxygen atoms in total. The highest BCUT2D eigenvalue weighted by atomic mass is 35.5. The molecule has 1 heterocycles. The van der Waals surface area contributed by atoms with Crippen LogP contribution in [0.25, 0.3) is 0 Å². The van der Waals surface area contributed by atoms with Gasteiger partial charge >= 0.3 is 0 Å². The van der Waals surface area contributed by atoms with E-state index in [0.29, 0.717) is 35.2 Å². The van der Waals surface area contributed by atoms with Gasteiger partial charge in [-0.3, -0.25) is 4.68 Å². The van der Waals surface area contributed by atoms with Gasteiger partial charge in [-0.15, -0.1) is 0 Å². The monoisotopic (exact) mass is 310 g/mol. The van der Waals surface area contributed by atoms with Crippen LogP contribution < -0.4 is 9.47 Å². The van der Waals surface area contributed by atoms with Crippen molar-refractivity contribution in [1.82, 2.24) is 9.78 Å². The van der Waals surface area contributed by atoms with E-state index in [1.54, 1.807) is 25.1 Å². The number of ether oxygens (including phenoxy) is 2. The molecular formula is C15H19ClN2O3. The number of aryl methyl sites for hydroxylation is 1. The van der Waals surface area contributed by atoms with Gasteiger partial charge in [0, 0.05) is 13.0 Å². The van der Waals surface area contributed by atoms with Gasteiger partial charge in [0.05, 0.1) is 31.1 Å². The molecule has 21 heavy (non-hydrogen) atoms. The molecule has 114 valence electrons. The summed E-state index contributed by atoms with van der Waals surface area (Å²) in [6.45, 7) is 2.61. The van der Waals surface area contributed by atoms with Crippen LogP contribution in [0.1, 0.15) is 24.3 Å². The molecule has 6 heteroatoms. The molecule has 0 saturated heterocycles. The van der Waals surface area contributed by atoms with Crippen molar-refractivity contribution in [3.05, 3.63) is 40.7 Å². The van der Waals surface area contributed by atoms with Crippen LogP contribution in [0.2, 0.25) is 5.02 Å². The van der Waals surface area contributed by atoms with E-state index in [-0.39, 0.29) is 0 Å². The van der Waals surface area contributed by atoms with Gasteiger partial charge in [-0.05, 0) is 24.6 Å². The lowest BCUT2D eigenvalue weighted by atomic mass is 10.0. The summed E-state index contributed by atoms with van der Waals surface area (Å²) in [5.74, 6) is 1.30. The van der Waals surface area contributed by atoms with E-state index in [1.807, 2.05) is 25.1 Å². The first kappa shape index (κ1) is 15.7. The minimum Gasteiger partial charge on any atom is -0.493 e. The summed E-state index contributed by atoms with van der Waals surface area (Å²) in [6, 6.07) is 5.56. The van der Waals surface area contributed by atoms with Crippen LogP contribution >= 0.6 is 11.6 Å². The van der Waals surface area contributed by atoms with E-state index < -0.39 is 6.10 Å². The molecule has 2 aromatic rings. The van der Waals surface area contributed by atoms with Crippen molar-refractivity contribution in [2.45, 2.75) is 26.0 Å².